The molecular formula is C14H21N3O3. The van der Waals surface area contributed by atoms with Crippen LogP contribution in [0.1, 0.15) is 5.56 Å². The van der Waals surface area contributed by atoms with Gasteiger partial charge in [0, 0.05) is 26.2 Å². The molecule has 1 amide bonds. The van der Waals surface area contributed by atoms with E-state index >= 15 is 0 Å². The summed E-state index contributed by atoms with van der Waals surface area (Å²) >= 11 is 0. The van der Waals surface area contributed by atoms with E-state index in [2.05, 4.69) is 16.0 Å². The molecule has 6 heteroatoms. The second-order valence-electron chi connectivity index (χ2n) is 4.62. The van der Waals surface area contributed by atoms with Crippen LogP contribution in [0.15, 0.2) is 18.2 Å². The molecule has 0 aliphatic carbocycles. The van der Waals surface area contributed by atoms with Crippen molar-refractivity contribution in [1.29, 1.82) is 0 Å². The lowest BCUT2D eigenvalue weighted by Crippen LogP contribution is -2.55. The van der Waals surface area contributed by atoms with Gasteiger partial charge in [-0.3, -0.25) is 4.79 Å². The zero-order chi connectivity index (χ0) is 14.4. The average molecular weight is 279 g/mol. The highest BCUT2D eigenvalue weighted by Crippen LogP contribution is 2.27. The smallest absolute Gasteiger partial charge is 0.238 e. The SMILES string of the molecule is COc1ccc(CNC(=O)C2CNCCN2)cc1OC. The fourth-order valence-corrected chi connectivity index (χ4v) is 2.14. The Labute approximate surface area is 118 Å². The van der Waals surface area contributed by atoms with Gasteiger partial charge in [0.15, 0.2) is 11.5 Å². The average Bonchev–Trinajstić information content (AvgIpc) is 2.53. The van der Waals surface area contributed by atoms with E-state index in [9.17, 15) is 4.79 Å². The number of hydrogen-bond donors (Lipinski definition) is 3. The molecule has 2 rings (SSSR count). The number of nitrogens with one attached hydrogen (secondary N) is 3. The summed E-state index contributed by atoms with van der Waals surface area (Å²) in [6, 6.07) is 5.45. The van der Waals surface area contributed by atoms with Crippen molar-refractivity contribution in [2.75, 3.05) is 33.9 Å². The summed E-state index contributed by atoms with van der Waals surface area (Å²) in [5.41, 5.74) is 0.972. The zero-order valence-corrected chi connectivity index (χ0v) is 11.9. The normalized spacial score (nSPS) is 18.4. The minimum Gasteiger partial charge on any atom is -0.493 e. The van der Waals surface area contributed by atoms with Crippen LogP contribution < -0.4 is 25.4 Å². The van der Waals surface area contributed by atoms with E-state index in [0.29, 0.717) is 24.6 Å². The minimum absolute atomic E-state index is 0.00647. The molecular weight excluding hydrogens is 258 g/mol. The summed E-state index contributed by atoms with van der Waals surface area (Å²) in [5, 5.41) is 9.28. The Bertz CT molecular complexity index is 459. The lowest BCUT2D eigenvalue weighted by molar-refractivity contribution is -0.123. The standard InChI is InChI=1S/C14H21N3O3/c1-19-12-4-3-10(7-13(12)20-2)8-17-14(18)11-9-15-5-6-16-11/h3-4,7,11,15-16H,5-6,8-9H2,1-2H3,(H,17,18). The molecule has 1 aromatic rings. The van der Waals surface area contributed by atoms with Gasteiger partial charge in [-0.15, -0.1) is 0 Å². The first-order chi connectivity index (χ1) is 9.74. The van der Waals surface area contributed by atoms with Crippen molar-refractivity contribution in [3.05, 3.63) is 23.8 Å². The highest BCUT2D eigenvalue weighted by molar-refractivity contribution is 5.82. The molecule has 1 saturated heterocycles. The maximum absolute atomic E-state index is 12.0. The molecule has 110 valence electrons. The van der Waals surface area contributed by atoms with Gasteiger partial charge in [0.05, 0.1) is 20.3 Å². The number of hydrogen-bond acceptors (Lipinski definition) is 5. The molecule has 3 N–H and O–H groups in total. The zero-order valence-electron chi connectivity index (χ0n) is 11.9. The summed E-state index contributed by atoms with van der Waals surface area (Å²) < 4.78 is 10.4. The molecule has 1 aromatic carbocycles. The Hall–Kier alpha value is -1.79. The van der Waals surface area contributed by atoms with Gasteiger partial charge in [-0.1, -0.05) is 6.07 Å². The van der Waals surface area contributed by atoms with E-state index in [4.69, 9.17) is 9.47 Å². The summed E-state index contributed by atoms with van der Waals surface area (Å²) in [6.07, 6.45) is 0. The van der Waals surface area contributed by atoms with Crippen LogP contribution in [0.2, 0.25) is 0 Å². The highest BCUT2D eigenvalue weighted by Gasteiger charge is 2.19. The van der Waals surface area contributed by atoms with Crippen molar-refractivity contribution < 1.29 is 14.3 Å². The minimum atomic E-state index is -0.163. The Kier molecular flexibility index (Phi) is 5.20. The fraction of sp³-hybridized carbons (Fsp3) is 0.500. The topological polar surface area (TPSA) is 71.6 Å². The number of benzene rings is 1. The molecule has 1 fully saturated rings. The van der Waals surface area contributed by atoms with Crippen molar-refractivity contribution in [3.8, 4) is 11.5 Å². The molecule has 6 nitrogen and oxygen atoms in total. The molecule has 20 heavy (non-hydrogen) atoms. The number of carbonyl (C=O) groups is 1. The first kappa shape index (κ1) is 14.6. The molecule has 1 heterocycles. The molecule has 0 saturated carbocycles. The van der Waals surface area contributed by atoms with E-state index < -0.39 is 0 Å². The van der Waals surface area contributed by atoms with E-state index in [1.54, 1.807) is 14.2 Å². The third-order valence-corrected chi connectivity index (χ3v) is 3.27. The van der Waals surface area contributed by atoms with Crippen LogP contribution in [0.4, 0.5) is 0 Å². The van der Waals surface area contributed by atoms with Crippen LogP contribution in [0.25, 0.3) is 0 Å². The number of carbonyl (C=O) groups excluding carboxylic acids is 1. The molecule has 1 unspecified atom stereocenters. The van der Waals surface area contributed by atoms with Gasteiger partial charge in [0.1, 0.15) is 0 Å². The van der Waals surface area contributed by atoms with Gasteiger partial charge in [0.25, 0.3) is 0 Å². The van der Waals surface area contributed by atoms with Gasteiger partial charge < -0.3 is 25.4 Å². The van der Waals surface area contributed by atoms with Crippen LogP contribution in [-0.2, 0) is 11.3 Å². The van der Waals surface area contributed by atoms with Crippen molar-refractivity contribution in [3.63, 3.8) is 0 Å². The maximum Gasteiger partial charge on any atom is 0.238 e. The van der Waals surface area contributed by atoms with Gasteiger partial charge in [-0.2, -0.15) is 0 Å². The summed E-state index contributed by atoms with van der Waals surface area (Å²) in [5.74, 6) is 1.35. The Morgan fingerprint density at radius 1 is 1.30 bits per heavy atom. The molecule has 0 radical (unpaired) electrons. The largest absolute Gasteiger partial charge is 0.493 e. The molecule has 0 aromatic heterocycles. The quantitative estimate of drug-likeness (QED) is 0.701. The van der Waals surface area contributed by atoms with Crippen LogP contribution in [-0.4, -0.2) is 45.8 Å². The van der Waals surface area contributed by atoms with Crippen LogP contribution >= 0.6 is 0 Å². The summed E-state index contributed by atoms with van der Waals surface area (Å²) in [7, 11) is 3.19. The number of ether oxygens (including phenoxy) is 2. The lowest BCUT2D eigenvalue weighted by atomic mass is 10.2. The number of methoxy groups -OCH3 is 2. The van der Waals surface area contributed by atoms with Gasteiger partial charge in [-0.25, -0.2) is 0 Å². The number of piperazine rings is 1. The van der Waals surface area contributed by atoms with Crippen molar-refractivity contribution in [2.24, 2.45) is 0 Å². The Morgan fingerprint density at radius 2 is 2.10 bits per heavy atom. The lowest BCUT2D eigenvalue weighted by Gasteiger charge is -2.23. The summed E-state index contributed by atoms with van der Waals surface area (Å²) in [4.78, 5) is 12.0. The second kappa shape index (κ2) is 7.12. The maximum atomic E-state index is 12.0. The molecule has 0 bridgehead atoms. The molecule has 1 aliphatic heterocycles. The van der Waals surface area contributed by atoms with Gasteiger partial charge in [0.2, 0.25) is 5.91 Å². The van der Waals surface area contributed by atoms with Crippen LogP contribution in [0, 0.1) is 0 Å². The van der Waals surface area contributed by atoms with Crippen LogP contribution in [0.5, 0.6) is 11.5 Å². The highest BCUT2D eigenvalue weighted by atomic mass is 16.5. The Morgan fingerprint density at radius 3 is 2.75 bits per heavy atom. The van der Waals surface area contributed by atoms with Gasteiger partial charge >= 0.3 is 0 Å². The molecule has 1 aliphatic rings. The predicted molar refractivity (Wildman–Crippen MR) is 76.1 cm³/mol. The predicted octanol–water partition coefficient (Wildman–Crippen LogP) is -0.119. The molecule has 0 spiro atoms. The van der Waals surface area contributed by atoms with Crippen molar-refractivity contribution >= 4 is 5.91 Å². The van der Waals surface area contributed by atoms with Crippen LogP contribution in [0.3, 0.4) is 0 Å². The summed E-state index contributed by atoms with van der Waals surface area (Å²) in [6.45, 7) is 2.85. The number of rotatable bonds is 5. The Balaban J connectivity index is 1.91. The molecule has 1 atom stereocenters. The van der Waals surface area contributed by atoms with Crippen molar-refractivity contribution in [1.82, 2.24) is 16.0 Å². The van der Waals surface area contributed by atoms with E-state index in [0.717, 1.165) is 18.7 Å². The van der Waals surface area contributed by atoms with E-state index in [1.807, 2.05) is 18.2 Å². The monoisotopic (exact) mass is 279 g/mol. The van der Waals surface area contributed by atoms with E-state index in [-0.39, 0.29) is 11.9 Å². The first-order valence-corrected chi connectivity index (χ1v) is 6.67. The van der Waals surface area contributed by atoms with E-state index in [1.165, 1.54) is 0 Å². The first-order valence-electron chi connectivity index (χ1n) is 6.67. The second-order valence-corrected chi connectivity index (χ2v) is 4.62. The third-order valence-electron chi connectivity index (χ3n) is 3.27. The van der Waals surface area contributed by atoms with Crippen molar-refractivity contribution in [2.45, 2.75) is 12.6 Å². The van der Waals surface area contributed by atoms with Gasteiger partial charge in [-0.05, 0) is 17.7 Å². The number of amides is 1. The third kappa shape index (κ3) is 3.61. The fourth-order valence-electron chi connectivity index (χ4n) is 2.14.